The molecule has 0 saturated carbocycles. The molecule has 0 saturated heterocycles. The van der Waals surface area contributed by atoms with Crippen LogP contribution in [-0.4, -0.2) is 27.0 Å². The van der Waals surface area contributed by atoms with Crippen molar-refractivity contribution in [3.05, 3.63) is 45.4 Å². The Morgan fingerprint density at radius 3 is 2.68 bits per heavy atom. The van der Waals surface area contributed by atoms with Gasteiger partial charge in [-0.05, 0) is 37.4 Å². The second-order valence-corrected chi connectivity index (χ2v) is 5.77. The number of thiophene rings is 1. The van der Waals surface area contributed by atoms with Crippen molar-refractivity contribution >= 4 is 28.8 Å². The molecular weight excluding hydrogens is 282 g/mol. The first-order valence-electron chi connectivity index (χ1n) is 5.90. The first-order chi connectivity index (χ1) is 9.08. The highest BCUT2D eigenvalue weighted by molar-refractivity contribution is 7.09. The minimum Gasteiger partial charge on any atom is -0.330 e. The first-order valence-corrected chi connectivity index (χ1v) is 7.16. The standard InChI is InChI=1S/C13H14ClN3OS/c1-9(2)17(8-10-4-3-7-19-10)13(18)11-5-6-12(14)16-15-11/h3-7,9H,8H2,1-2H3. The summed E-state index contributed by atoms with van der Waals surface area (Å²) in [5, 5.41) is 9.83. The third-order valence-corrected chi connectivity index (χ3v) is 3.70. The van der Waals surface area contributed by atoms with Gasteiger partial charge in [0.1, 0.15) is 0 Å². The number of carbonyl (C=O) groups excluding carboxylic acids is 1. The summed E-state index contributed by atoms with van der Waals surface area (Å²) >= 11 is 7.31. The minimum absolute atomic E-state index is 0.0899. The van der Waals surface area contributed by atoms with Crippen molar-refractivity contribution in [3.8, 4) is 0 Å². The third-order valence-electron chi connectivity index (χ3n) is 2.64. The minimum atomic E-state index is -0.132. The molecule has 0 spiro atoms. The highest BCUT2D eigenvalue weighted by atomic mass is 35.5. The molecule has 0 N–H and O–H groups in total. The van der Waals surface area contributed by atoms with Crippen molar-refractivity contribution < 1.29 is 4.79 Å². The zero-order chi connectivity index (χ0) is 13.8. The van der Waals surface area contributed by atoms with Crippen molar-refractivity contribution in [1.29, 1.82) is 0 Å². The Kier molecular flexibility index (Phi) is 4.50. The Balaban J connectivity index is 2.19. The van der Waals surface area contributed by atoms with Crippen LogP contribution in [0.1, 0.15) is 29.2 Å². The number of aromatic nitrogens is 2. The van der Waals surface area contributed by atoms with Crippen LogP contribution in [0.5, 0.6) is 0 Å². The van der Waals surface area contributed by atoms with Crippen LogP contribution in [0.25, 0.3) is 0 Å². The predicted molar refractivity (Wildman–Crippen MR) is 76.4 cm³/mol. The largest absolute Gasteiger partial charge is 0.330 e. The van der Waals surface area contributed by atoms with E-state index in [0.717, 1.165) is 4.88 Å². The van der Waals surface area contributed by atoms with E-state index < -0.39 is 0 Å². The Morgan fingerprint density at radius 2 is 2.16 bits per heavy atom. The summed E-state index contributed by atoms with van der Waals surface area (Å²) in [6.07, 6.45) is 0. The lowest BCUT2D eigenvalue weighted by Crippen LogP contribution is -2.36. The number of nitrogens with zero attached hydrogens (tertiary/aromatic N) is 3. The zero-order valence-electron chi connectivity index (χ0n) is 10.7. The molecular formula is C13H14ClN3OS. The van der Waals surface area contributed by atoms with Crippen LogP contribution < -0.4 is 0 Å². The van der Waals surface area contributed by atoms with E-state index in [4.69, 9.17) is 11.6 Å². The lowest BCUT2D eigenvalue weighted by molar-refractivity contribution is 0.0685. The van der Waals surface area contributed by atoms with Gasteiger partial charge in [-0.15, -0.1) is 21.5 Å². The molecule has 0 fully saturated rings. The van der Waals surface area contributed by atoms with Gasteiger partial charge in [-0.25, -0.2) is 0 Å². The average Bonchev–Trinajstić information content (AvgIpc) is 2.88. The van der Waals surface area contributed by atoms with Gasteiger partial charge in [0.25, 0.3) is 5.91 Å². The second-order valence-electron chi connectivity index (χ2n) is 4.35. The predicted octanol–water partition coefficient (Wildman–Crippen LogP) is 3.24. The molecule has 1 amide bonds. The molecule has 0 aromatic carbocycles. The van der Waals surface area contributed by atoms with Gasteiger partial charge < -0.3 is 4.90 Å². The van der Waals surface area contributed by atoms with Crippen LogP contribution in [0.15, 0.2) is 29.6 Å². The number of hydrogen-bond acceptors (Lipinski definition) is 4. The van der Waals surface area contributed by atoms with Crippen molar-refractivity contribution in [3.63, 3.8) is 0 Å². The molecule has 2 aromatic heterocycles. The van der Waals surface area contributed by atoms with E-state index in [2.05, 4.69) is 10.2 Å². The second kappa shape index (κ2) is 6.12. The van der Waals surface area contributed by atoms with Gasteiger partial charge in [-0.3, -0.25) is 4.79 Å². The molecule has 0 unspecified atom stereocenters. The maximum absolute atomic E-state index is 12.4. The molecule has 0 aliphatic heterocycles. The number of carbonyl (C=O) groups is 1. The molecule has 2 aromatic rings. The van der Waals surface area contributed by atoms with E-state index in [-0.39, 0.29) is 17.1 Å². The maximum Gasteiger partial charge on any atom is 0.274 e. The molecule has 6 heteroatoms. The third kappa shape index (κ3) is 3.52. The fourth-order valence-corrected chi connectivity index (χ4v) is 2.44. The van der Waals surface area contributed by atoms with Gasteiger partial charge >= 0.3 is 0 Å². The van der Waals surface area contributed by atoms with Gasteiger partial charge in [0.05, 0.1) is 6.54 Å². The van der Waals surface area contributed by atoms with Gasteiger partial charge in [0.2, 0.25) is 0 Å². The Hall–Kier alpha value is -1.46. The van der Waals surface area contributed by atoms with Crippen LogP contribution in [0.4, 0.5) is 0 Å². The molecule has 2 rings (SSSR count). The Bertz CT molecular complexity index is 540. The topological polar surface area (TPSA) is 46.1 Å². The quantitative estimate of drug-likeness (QED) is 0.870. The molecule has 0 aliphatic carbocycles. The molecule has 0 radical (unpaired) electrons. The summed E-state index contributed by atoms with van der Waals surface area (Å²) in [5.74, 6) is -0.132. The molecule has 0 bridgehead atoms. The maximum atomic E-state index is 12.4. The van der Waals surface area contributed by atoms with Crippen molar-refractivity contribution in [2.75, 3.05) is 0 Å². The fourth-order valence-electron chi connectivity index (χ4n) is 1.64. The average molecular weight is 296 g/mol. The zero-order valence-corrected chi connectivity index (χ0v) is 12.3. The van der Waals surface area contributed by atoms with Crippen molar-refractivity contribution in [1.82, 2.24) is 15.1 Å². The molecule has 2 heterocycles. The Morgan fingerprint density at radius 1 is 1.37 bits per heavy atom. The monoisotopic (exact) mass is 295 g/mol. The molecule has 4 nitrogen and oxygen atoms in total. The van der Waals surface area contributed by atoms with Crippen molar-refractivity contribution in [2.45, 2.75) is 26.4 Å². The number of halogens is 1. The van der Waals surface area contributed by atoms with E-state index in [1.54, 1.807) is 28.4 Å². The summed E-state index contributed by atoms with van der Waals surface area (Å²) in [7, 11) is 0. The number of rotatable bonds is 4. The fraction of sp³-hybridized carbons (Fsp3) is 0.308. The summed E-state index contributed by atoms with van der Waals surface area (Å²) in [4.78, 5) is 15.3. The molecule has 19 heavy (non-hydrogen) atoms. The SMILES string of the molecule is CC(C)N(Cc1cccs1)C(=O)c1ccc(Cl)nn1. The molecule has 0 atom stereocenters. The van der Waals surface area contributed by atoms with E-state index in [9.17, 15) is 4.79 Å². The summed E-state index contributed by atoms with van der Waals surface area (Å²) < 4.78 is 0. The van der Waals surface area contributed by atoms with Crippen molar-refractivity contribution in [2.24, 2.45) is 0 Å². The highest BCUT2D eigenvalue weighted by Gasteiger charge is 2.20. The van der Waals surface area contributed by atoms with Crippen LogP contribution >= 0.6 is 22.9 Å². The lowest BCUT2D eigenvalue weighted by Gasteiger charge is -2.25. The van der Waals surface area contributed by atoms with Gasteiger partial charge in [0.15, 0.2) is 10.8 Å². The van der Waals surface area contributed by atoms with Crippen LogP contribution in [0.2, 0.25) is 5.15 Å². The van der Waals surface area contributed by atoms with Crippen LogP contribution in [0, 0.1) is 0 Å². The van der Waals surface area contributed by atoms with Crippen LogP contribution in [0.3, 0.4) is 0 Å². The van der Waals surface area contributed by atoms with E-state index >= 15 is 0 Å². The summed E-state index contributed by atoms with van der Waals surface area (Å²) in [6.45, 7) is 4.54. The van der Waals surface area contributed by atoms with Gasteiger partial charge in [0, 0.05) is 10.9 Å². The van der Waals surface area contributed by atoms with Gasteiger partial charge in [-0.2, -0.15) is 0 Å². The van der Waals surface area contributed by atoms with Crippen LogP contribution in [-0.2, 0) is 6.54 Å². The van der Waals surface area contributed by atoms with Gasteiger partial charge in [-0.1, -0.05) is 17.7 Å². The first kappa shape index (κ1) is 14.0. The molecule has 100 valence electrons. The van der Waals surface area contributed by atoms with E-state index in [0.29, 0.717) is 12.2 Å². The summed E-state index contributed by atoms with van der Waals surface area (Å²) in [5.41, 5.74) is 0.314. The lowest BCUT2D eigenvalue weighted by atomic mass is 10.2. The normalized spacial score (nSPS) is 10.7. The smallest absolute Gasteiger partial charge is 0.274 e. The Labute approximate surface area is 121 Å². The summed E-state index contributed by atoms with van der Waals surface area (Å²) in [6, 6.07) is 7.26. The molecule has 0 aliphatic rings. The highest BCUT2D eigenvalue weighted by Crippen LogP contribution is 2.16. The number of amides is 1. The number of hydrogen-bond donors (Lipinski definition) is 0. The van der Waals surface area contributed by atoms with E-state index in [1.165, 1.54) is 0 Å². The van der Waals surface area contributed by atoms with E-state index in [1.807, 2.05) is 31.4 Å².